The lowest BCUT2D eigenvalue weighted by molar-refractivity contribution is 0.139. The third-order valence-electron chi connectivity index (χ3n) is 4.09. The zero-order valence-electron chi connectivity index (χ0n) is 17.4. The van der Waals surface area contributed by atoms with Gasteiger partial charge in [-0.2, -0.15) is 5.26 Å². The molecule has 29 heavy (non-hydrogen) atoms. The average molecular weight is 428 g/mol. The number of nitrogens with zero attached hydrogens (tertiary/aromatic N) is 3. The maximum Gasteiger partial charge on any atom is 0.414 e. The fourth-order valence-electron chi connectivity index (χ4n) is 2.74. The van der Waals surface area contributed by atoms with Crippen molar-refractivity contribution in [3.63, 3.8) is 0 Å². The molecule has 1 atom stereocenters. The van der Waals surface area contributed by atoms with E-state index in [1.54, 1.807) is 32.0 Å². The maximum atomic E-state index is 14.4. The lowest BCUT2D eigenvalue weighted by atomic mass is 10.2. The molecule has 7 nitrogen and oxygen atoms in total. The summed E-state index contributed by atoms with van der Waals surface area (Å²) in [4.78, 5) is 15.2. The molecule has 2 aliphatic heterocycles. The van der Waals surface area contributed by atoms with Crippen LogP contribution in [0.4, 0.5) is 20.6 Å². The Hall–Kier alpha value is -2.18. The Morgan fingerprint density at radius 2 is 1.93 bits per heavy atom. The van der Waals surface area contributed by atoms with Crippen LogP contribution < -0.4 is 9.80 Å². The predicted octanol–water partition coefficient (Wildman–Crippen LogP) is 3.05. The Bertz CT molecular complexity index is 726. The quantitative estimate of drug-likeness (QED) is 0.797. The summed E-state index contributed by atoms with van der Waals surface area (Å²) in [5.74, 6) is 0.772. The van der Waals surface area contributed by atoms with Crippen molar-refractivity contribution in [3.8, 4) is 6.07 Å². The number of benzene rings is 1. The van der Waals surface area contributed by atoms with Crippen LogP contribution in [-0.2, 0) is 15.5 Å². The molecular formula is C20H30FN3O4S. The van der Waals surface area contributed by atoms with E-state index in [1.165, 1.54) is 17.9 Å². The molecule has 0 spiro atoms. The smallest absolute Gasteiger partial charge is 0.414 e. The van der Waals surface area contributed by atoms with Crippen LogP contribution in [0.3, 0.4) is 0 Å². The van der Waals surface area contributed by atoms with Crippen molar-refractivity contribution in [1.29, 1.82) is 5.26 Å². The van der Waals surface area contributed by atoms with E-state index < -0.39 is 16.9 Å². The summed E-state index contributed by atoms with van der Waals surface area (Å²) >= 11 is 0. The Labute approximate surface area is 174 Å². The Morgan fingerprint density at radius 3 is 2.38 bits per heavy atom. The monoisotopic (exact) mass is 427 g/mol. The van der Waals surface area contributed by atoms with E-state index in [4.69, 9.17) is 15.1 Å². The normalized spacial score (nSPS) is 19.0. The number of rotatable bonds is 3. The summed E-state index contributed by atoms with van der Waals surface area (Å²) in [6, 6.07) is 6.55. The summed E-state index contributed by atoms with van der Waals surface area (Å²) in [5.41, 5.74) is 1.02. The van der Waals surface area contributed by atoms with Crippen molar-refractivity contribution in [2.75, 3.05) is 40.9 Å². The van der Waals surface area contributed by atoms with Gasteiger partial charge in [0.05, 0.1) is 24.0 Å². The van der Waals surface area contributed by atoms with Crippen molar-refractivity contribution in [1.82, 2.24) is 0 Å². The Balaban J connectivity index is 0.000000526. The molecule has 0 aliphatic carbocycles. The molecule has 162 valence electrons. The average Bonchev–Trinajstić information content (AvgIpc) is 3.04. The molecule has 0 aromatic heterocycles. The number of hydrogen-bond acceptors (Lipinski definition) is 6. The number of anilines is 2. The molecule has 2 heterocycles. The van der Waals surface area contributed by atoms with Gasteiger partial charge < -0.3 is 14.7 Å². The molecule has 1 amide bonds. The van der Waals surface area contributed by atoms with Gasteiger partial charge in [0.1, 0.15) is 11.9 Å². The minimum Gasteiger partial charge on any atom is -0.444 e. The highest BCUT2D eigenvalue weighted by Crippen LogP contribution is 2.28. The van der Waals surface area contributed by atoms with Crippen LogP contribution in [0.1, 0.15) is 34.1 Å². The number of amides is 1. The highest BCUT2D eigenvalue weighted by Gasteiger charge is 2.31. The molecule has 3 rings (SSSR count). The van der Waals surface area contributed by atoms with E-state index in [-0.39, 0.29) is 18.0 Å². The van der Waals surface area contributed by atoms with Crippen molar-refractivity contribution < 1.29 is 23.2 Å². The van der Waals surface area contributed by atoms with Crippen molar-refractivity contribution in [2.45, 2.75) is 46.3 Å². The first-order valence-corrected chi connectivity index (χ1v) is 11.1. The lowest BCUT2D eigenvalue weighted by Crippen LogP contribution is -2.38. The number of halogens is 1. The van der Waals surface area contributed by atoms with E-state index >= 15 is 0 Å². The van der Waals surface area contributed by atoms with Gasteiger partial charge in [-0.15, -0.1) is 0 Å². The summed E-state index contributed by atoms with van der Waals surface area (Å²) < 4.78 is 31.0. The van der Waals surface area contributed by atoms with Crippen molar-refractivity contribution >= 4 is 28.3 Å². The van der Waals surface area contributed by atoms with Gasteiger partial charge in [-0.05, 0) is 38.5 Å². The van der Waals surface area contributed by atoms with Gasteiger partial charge in [0, 0.05) is 48.4 Å². The molecule has 9 heteroatoms. The highest BCUT2D eigenvalue weighted by atomic mass is 32.2. The number of ether oxygens (including phenoxy) is 1. The van der Waals surface area contributed by atoms with Crippen molar-refractivity contribution in [2.24, 2.45) is 0 Å². The molecule has 2 saturated heterocycles. The molecule has 1 aromatic carbocycles. The molecule has 0 radical (unpaired) electrons. The van der Waals surface area contributed by atoms with Gasteiger partial charge >= 0.3 is 6.09 Å². The molecule has 0 bridgehead atoms. The number of aliphatic hydroxyl groups is 1. The highest BCUT2D eigenvalue weighted by molar-refractivity contribution is 7.85. The van der Waals surface area contributed by atoms with E-state index in [0.717, 1.165) is 6.42 Å². The predicted molar refractivity (Wildman–Crippen MR) is 113 cm³/mol. The number of aliphatic hydroxyl groups excluding tert-OH is 1. The number of carbonyl (C=O) groups excluding carboxylic acids is 1. The van der Waals surface area contributed by atoms with Crippen LogP contribution in [0, 0.1) is 17.1 Å². The van der Waals surface area contributed by atoms with Crippen LogP contribution in [0.25, 0.3) is 0 Å². The fraction of sp³-hybridized carbons (Fsp3) is 0.600. The van der Waals surface area contributed by atoms with E-state index in [1.807, 2.05) is 11.8 Å². The molecule has 2 aliphatic rings. The van der Waals surface area contributed by atoms with Crippen LogP contribution in [-0.4, -0.2) is 58.8 Å². The summed E-state index contributed by atoms with van der Waals surface area (Å²) in [6.45, 7) is 8.46. The van der Waals surface area contributed by atoms with Crippen LogP contribution >= 0.6 is 0 Å². The molecule has 0 unspecified atom stereocenters. The fourth-order valence-corrected chi connectivity index (χ4v) is 3.80. The standard InChI is InChI=1S/C15H19FN2O3S.C3H8O.C2H3N/c1-2-12-10-18(15(19)21-12)11-3-4-14(13(16)9-11)17-5-7-22(20)8-6-17;1-3(2)4;1-2-3/h3-4,9,12H,2,5-8,10H2,1H3;3-4H,1-2H3;1H3/t12-;;/m0../s1. The number of hydrogen-bond donors (Lipinski definition) is 1. The number of cyclic esters (lactones) is 1. The third-order valence-corrected chi connectivity index (χ3v) is 5.37. The van der Waals surface area contributed by atoms with Crippen LogP contribution in [0.15, 0.2) is 18.2 Å². The van der Waals surface area contributed by atoms with E-state index in [0.29, 0.717) is 42.5 Å². The van der Waals surface area contributed by atoms with Crippen LogP contribution in [0.2, 0.25) is 0 Å². The zero-order chi connectivity index (χ0) is 22.0. The Morgan fingerprint density at radius 1 is 1.38 bits per heavy atom. The lowest BCUT2D eigenvalue weighted by Gasteiger charge is -2.29. The van der Waals surface area contributed by atoms with Gasteiger partial charge in [0.15, 0.2) is 0 Å². The first-order valence-electron chi connectivity index (χ1n) is 9.59. The van der Waals surface area contributed by atoms with Gasteiger partial charge in [0.2, 0.25) is 0 Å². The minimum absolute atomic E-state index is 0.132. The zero-order valence-corrected chi connectivity index (χ0v) is 18.2. The molecular weight excluding hydrogens is 397 g/mol. The number of nitriles is 1. The second-order valence-electron chi connectivity index (χ2n) is 6.81. The first-order chi connectivity index (χ1) is 13.7. The molecule has 1 aromatic rings. The molecule has 0 saturated carbocycles. The SMILES string of the molecule is CC#N.CC(C)O.CC[C@H]1CN(c2ccc(N3CCS(=O)CC3)c(F)c2)C(=O)O1. The van der Waals surface area contributed by atoms with Gasteiger partial charge in [-0.25, -0.2) is 9.18 Å². The maximum absolute atomic E-state index is 14.4. The molecule has 1 N–H and O–H groups in total. The van der Waals surface area contributed by atoms with Gasteiger partial charge in [0.25, 0.3) is 0 Å². The topological polar surface area (TPSA) is 93.9 Å². The van der Waals surface area contributed by atoms with Gasteiger partial charge in [-0.1, -0.05) is 6.92 Å². The second kappa shape index (κ2) is 12.4. The second-order valence-corrected chi connectivity index (χ2v) is 8.51. The molecule has 2 fully saturated rings. The van der Waals surface area contributed by atoms with Crippen LogP contribution in [0.5, 0.6) is 0 Å². The Kier molecular flexibility index (Phi) is 10.6. The van der Waals surface area contributed by atoms with Gasteiger partial charge in [-0.3, -0.25) is 9.11 Å². The summed E-state index contributed by atoms with van der Waals surface area (Å²) in [6.07, 6.45) is 0.0213. The first kappa shape index (κ1) is 24.9. The van der Waals surface area contributed by atoms with E-state index in [2.05, 4.69) is 0 Å². The van der Waals surface area contributed by atoms with E-state index in [9.17, 15) is 13.4 Å². The number of carbonyl (C=O) groups is 1. The summed E-state index contributed by atoms with van der Waals surface area (Å²) in [5, 5.41) is 15.4. The third kappa shape index (κ3) is 7.99. The van der Waals surface area contributed by atoms with Crippen molar-refractivity contribution in [3.05, 3.63) is 24.0 Å². The minimum atomic E-state index is -0.791. The summed E-state index contributed by atoms with van der Waals surface area (Å²) in [7, 11) is -0.791. The largest absolute Gasteiger partial charge is 0.444 e.